The lowest BCUT2D eigenvalue weighted by molar-refractivity contribution is -0.142. The lowest BCUT2D eigenvalue weighted by atomic mass is 9.84. The molecule has 0 aromatic carbocycles. The van der Waals surface area contributed by atoms with Crippen LogP contribution in [0.15, 0.2) is 0 Å². The average molecular weight is 507 g/mol. The maximum Gasteiger partial charge on any atom is 0.320 e. The largest absolute Gasteiger partial charge is 0.378 e. The lowest BCUT2D eigenvalue weighted by Gasteiger charge is -2.44. The lowest BCUT2D eigenvalue weighted by Crippen LogP contribution is -2.65. The Balaban J connectivity index is 1.47. The van der Waals surface area contributed by atoms with Crippen molar-refractivity contribution < 1.29 is 23.9 Å². The second-order valence-electron chi connectivity index (χ2n) is 10.6. The van der Waals surface area contributed by atoms with E-state index in [1.54, 1.807) is 14.7 Å². The van der Waals surface area contributed by atoms with E-state index in [0.717, 1.165) is 51.6 Å². The first-order chi connectivity index (χ1) is 17.4. The van der Waals surface area contributed by atoms with Crippen LogP contribution in [0.3, 0.4) is 0 Å². The molecule has 2 atom stereocenters. The summed E-state index contributed by atoms with van der Waals surface area (Å²) in [5, 5.41) is 6.14. The number of urea groups is 1. The molecule has 4 rings (SSSR count). The van der Waals surface area contributed by atoms with Crippen LogP contribution in [0.2, 0.25) is 0 Å². The third-order valence-corrected chi connectivity index (χ3v) is 8.16. The van der Waals surface area contributed by atoms with E-state index in [-0.39, 0.29) is 30.9 Å². The molecule has 4 fully saturated rings. The van der Waals surface area contributed by atoms with Crippen molar-refractivity contribution in [2.45, 2.75) is 63.5 Å². The Morgan fingerprint density at radius 3 is 2.28 bits per heavy atom. The van der Waals surface area contributed by atoms with Crippen molar-refractivity contribution in [3.8, 4) is 0 Å². The van der Waals surface area contributed by atoms with E-state index in [2.05, 4.69) is 10.6 Å². The summed E-state index contributed by atoms with van der Waals surface area (Å²) in [4.78, 5) is 57.5. The number of rotatable bonds is 6. The highest BCUT2D eigenvalue weighted by molar-refractivity contribution is 5.92. The molecule has 11 nitrogen and oxygen atoms in total. The molecular formula is C25H42N6O5. The fourth-order valence-electron chi connectivity index (χ4n) is 5.97. The molecule has 4 N–H and O–H groups in total. The van der Waals surface area contributed by atoms with Gasteiger partial charge in [0.1, 0.15) is 12.1 Å². The smallest absolute Gasteiger partial charge is 0.320 e. The summed E-state index contributed by atoms with van der Waals surface area (Å²) in [6.45, 7) is 4.25. The minimum atomic E-state index is -0.868. The number of amides is 5. The van der Waals surface area contributed by atoms with Gasteiger partial charge in [0, 0.05) is 32.1 Å². The molecule has 0 spiro atoms. The van der Waals surface area contributed by atoms with Gasteiger partial charge in [0.25, 0.3) is 0 Å². The SMILES string of the molecule is NC(=O)C(CC1CCCCC1)NC(=O)C1CN(C(=O)C2CCNCC2)CCN1C(=O)N1CCOCC1. The molecule has 1 saturated carbocycles. The Kier molecular flexibility index (Phi) is 9.41. The minimum Gasteiger partial charge on any atom is -0.378 e. The van der Waals surface area contributed by atoms with Crippen LogP contribution in [-0.2, 0) is 19.1 Å². The van der Waals surface area contributed by atoms with Crippen LogP contribution < -0.4 is 16.4 Å². The highest BCUT2D eigenvalue weighted by Gasteiger charge is 2.41. The van der Waals surface area contributed by atoms with Gasteiger partial charge in [-0.25, -0.2) is 4.79 Å². The zero-order chi connectivity index (χ0) is 25.5. The highest BCUT2D eigenvalue weighted by Crippen LogP contribution is 2.27. The predicted molar refractivity (Wildman–Crippen MR) is 133 cm³/mol. The number of primary amides is 1. The number of carbonyl (C=O) groups is 4. The molecule has 3 aliphatic heterocycles. The second-order valence-corrected chi connectivity index (χ2v) is 10.6. The molecule has 202 valence electrons. The second kappa shape index (κ2) is 12.7. The van der Waals surface area contributed by atoms with Gasteiger partial charge in [-0.2, -0.15) is 0 Å². The number of carbonyl (C=O) groups excluding carboxylic acids is 4. The first-order valence-corrected chi connectivity index (χ1v) is 13.7. The summed E-state index contributed by atoms with van der Waals surface area (Å²) in [6.07, 6.45) is 7.58. The summed E-state index contributed by atoms with van der Waals surface area (Å²) in [7, 11) is 0. The Labute approximate surface area is 213 Å². The van der Waals surface area contributed by atoms with Crippen molar-refractivity contribution in [2.24, 2.45) is 17.6 Å². The molecule has 0 bridgehead atoms. The summed E-state index contributed by atoms with van der Waals surface area (Å²) < 4.78 is 5.38. The Morgan fingerprint density at radius 1 is 0.917 bits per heavy atom. The predicted octanol–water partition coefficient (Wildman–Crippen LogP) is -0.108. The summed E-state index contributed by atoms with van der Waals surface area (Å²) in [5.74, 6) is -0.646. The molecule has 11 heteroatoms. The number of nitrogens with zero attached hydrogens (tertiary/aromatic N) is 3. The third-order valence-electron chi connectivity index (χ3n) is 8.16. The maximum atomic E-state index is 13.6. The monoisotopic (exact) mass is 506 g/mol. The number of nitrogens with two attached hydrogens (primary N) is 1. The molecule has 0 aromatic rings. The quantitative estimate of drug-likeness (QED) is 0.460. The number of ether oxygens (including phenoxy) is 1. The van der Waals surface area contributed by atoms with Gasteiger partial charge in [-0.3, -0.25) is 14.4 Å². The first kappa shape index (κ1) is 26.7. The number of piperidine rings is 1. The van der Waals surface area contributed by atoms with E-state index in [1.165, 1.54) is 6.42 Å². The molecule has 36 heavy (non-hydrogen) atoms. The van der Waals surface area contributed by atoms with Crippen LogP contribution in [0.25, 0.3) is 0 Å². The number of hydrogen-bond donors (Lipinski definition) is 3. The number of piperazine rings is 1. The van der Waals surface area contributed by atoms with Gasteiger partial charge < -0.3 is 35.8 Å². The van der Waals surface area contributed by atoms with E-state index in [0.29, 0.717) is 45.2 Å². The molecule has 3 heterocycles. The van der Waals surface area contributed by atoms with Crippen molar-refractivity contribution in [3.63, 3.8) is 0 Å². The number of hydrogen-bond acceptors (Lipinski definition) is 6. The highest BCUT2D eigenvalue weighted by atomic mass is 16.5. The van der Waals surface area contributed by atoms with Crippen molar-refractivity contribution in [2.75, 3.05) is 59.0 Å². The zero-order valence-electron chi connectivity index (χ0n) is 21.3. The standard InChI is InChI=1S/C25H42N6O5/c26-22(32)20(16-18-4-2-1-3-5-18)28-23(33)21-17-30(24(34)19-6-8-27-9-7-19)10-11-31(21)25(35)29-12-14-36-15-13-29/h18-21,27H,1-17H2,(H2,26,32)(H,28,33). The average Bonchev–Trinajstić information content (AvgIpc) is 2.93. The van der Waals surface area contributed by atoms with Crippen molar-refractivity contribution in [1.82, 2.24) is 25.3 Å². The van der Waals surface area contributed by atoms with E-state index in [4.69, 9.17) is 10.5 Å². The minimum absolute atomic E-state index is 0.0430. The van der Waals surface area contributed by atoms with E-state index >= 15 is 0 Å². The molecular weight excluding hydrogens is 464 g/mol. The van der Waals surface area contributed by atoms with Crippen LogP contribution in [0, 0.1) is 11.8 Å². The maximum absolute atomic E-state index is 13.6. The van der Waals surface area contributed by atoms with E-state index < -0.39 is 23.9 Å². The molecule has 0 radical (unpaired) electrons. The molecule has 5 amide bonds. The van der Waals surface area contributed by atoms with Gasteiger partial charge in [-0.05, 0) is 38.3 Å². The van der Waals surface area contributed by atoms with Gasteiger partial charge in [0.05, 0.1) is 19.8 Å². The molecule has 3 saturated heterocycles. The van der Waals surface area contributed by atoms with Gasteiger partial charge in [-0.15, -0.1) is 0 Å². The zero-order valence-corrected chi connectivity index (χ0v) is 21.3. The number of morpholine rings is 1. The van der Waals surface area contributed by atoms with Crippen LogP contribution in [0.1, 0.15) is 51.4 Å². The van der Waals surface area contributed by atoms with E-state index in [9.17, 15) is 19.2 Å². The van der Waals surface area contributed by atoms with Crippen LogP contribution in [0.4, 0.5) is 4.79 Å². The van der Waals surface area contributed by atoms with Crippen molar-refractivity contribution in [1.29, 1.82) is 0 Å². The van der Waals surface area contributed by atoms with E-state index in [1.807, 2.05) is 0 Å². The molecule has 2 unspecified atom stereocenters. The Hall–Kier alpha value is -2.40. The molecule has 4 aliphatic rings. The Bertz CT molecular complexity index is 792. The normalized spacial score (nSPS) is 25.3. The molecule has 0 aromatic heterocycles. The fraction of sp³-hybridized carbons (Fsp3) is 0.840. The van der Waals surface area contributed by atoms with Gasteiger partial charge in [0.15, 0.2) is 0 Å². The summed E-state index contributed by atoms with van der Waals surface area (Å²) in [6, 6.07) is -1.88. The van der Waals surface area contributed by atoms with Crippen LogP contribution >= 0.6 is 0 Å². The van der Waals surface area contributed by atoms with Crippen molar-refractivity contribution >= 4 is 23.8 Å². The van der Waals surface area contributed by atoms with Gasteiger partial charge in [-0.1, -0.05) is 32.1 Å². The van der Waals surface area contributed by atoms with Crippen LogP contribution in [0.5, 0.6) is 0 Å². The Morgan fingerprint density at radius 2 is 1.61 bits per heavy atom. The third kappa shape index (κ3) is 6.67. The van der Waals surface area contributed by atoms with Gasteiger partial charge in [0.2, 0.25) is 17.7 Å². The van der Waals surface area contributed by atoms with Gasteiger partial charge >= 0.3 is 6.03 Å². The number of nitrogens with one attached hydrogen (secondary N) is 2. The summed E-state index contributed by atoms with van der Waals surface area (Å²) in [5.41, 5.74) is 5.69. The van der Waals surface area contributed by atoms with Crippen LogP contribution in [-0.4, -0.2) is 110 Å². The topological polar surface area (TPSA) is 137 Å². The fourth-order valence-corrected chi connectivity index (χ4v) is 5.97. The summed E-state index contributed by atoms with van der Waals surface area (Å²) >= 11 is 0. The van der Waals surface area contributed by atoms with Crippen molar-refractivity contribution in [3.05, 3.63) is 0 Å². The molecule has 1 aliphatic carbocycles. The first-order valence-electron chi connectivity index (χ1n) is 13.7.